The molecule has 2 aliphatic rings. The van der Waals surface area contributed by atoms with E-state index in [0.717, 1.165) is 48.0 Å². The fourth-order valence-corrected chi connectivity index (χ4v) is 4.79. The number of aromatic amines is 1. The smallest absolute Gasteiger partial charge is 0.308 e. The third kappa shape index (κ3) is 1.82. The number of benzene rings is 1. The number of nitrogens with zero attached hydrogens (tertiary/aromatic N) is 1. The lowest BCUT2D eigenvalue weighted by molar-refractivity contribution is -0.152. The van der Waals surface area contributed by atoms with Crippen molar-refractivity contribution < 1.29 is 9.90 Å². The predicted octanol–water partition coefficient (Wildman–Crippen LogP) is 3.50. The monoisotopic (exact) mass is 362 g/mol. The van der Waals surface area contributed by atoms with Gasteiger partial charge in [-0.25, -0.2) is 0 Å². The lowest BCUT2D eigenvalue weighted by atomic mass is 9.72. The fourth-order valence-electron chi connectivity index (χ4n) is 4.43. The summed E-state index contributed by atoms with van der Waals surface area (Å²) in [6.45, 7) is 4.03. The Labute approximate surface area is 137 Å². The molecule has 1 aromatic carbocycles. The first-order chi connectivity index (χ1) is 10.5. The molecule has 0 bridgehead atoms. The van der Waals surface area contributed by atoms with E-state index >= 15 is 0 Å². The zero-order valence-corrected chi connectivity index (χ0v) is 14.1. The van der Waals surface area contributed by atoms with Crippen molar-refractivity contribution in [2.75, 3.05) is 13.1 Å². The van der Waals surface area contributed by atoms with E-state index in [2.05, 4.69) is 50.9 Å². The van der Waals surface area contributed by atoms with Gasteiger partial charge >= 0.3 is 5.97 Å². The topological polar surface area (TPSA) is 56.3 Å². The molecule has 0 saturated carbocycles. The van der Waals surface area contributed by atoms with Gasteiger partial charge in [0.1, 0.15) is 0 Å². The minimum Gasteiger partial charge on any atom is -0.481 e. The number of H-pyrrole nitrogens is 1. The van der Waals surface area contributed by atoms with Crippen molar-refractivity contribution in [2.24, 2.45) is 5.92 Å². The van der Waals surface area contributed by atoms with E-state index in [-0.39, 0.29) is 5.92 Å². The fraction of sp³-hybridized carbons (Fsp3) is 0.471. The van der Waals surface area contributed by atoms with Crippen LogP contribution in [0.4, 0.5) is 0 Å². The molecule has 1 fully saturated rings. The minimum absolute atomic E-state index is 0.350. The molecule has 116 valence electrons. The lowest BCUT2D eigenvalue weighted by Crippen LogP contribution is -2.58. The summed E-state index contributed by atoms with van der Waals surface area (Å²) in [4.78, 5) is 17.8. The van der Waals surface area contributed by atoms with E-state index in [1.54, 1.807) is 0 Å². The molecular formula is C17H19BrN2O2. The van der Waals surface area contributed by atoms with Crippen molar-refractivity contribution in [3.8, 4) is 0 Å². The third-order valence-corrected chi connectivity index (χ3v) is 6.05. The van der Waals surface area contributed by atoms with Crippen LogP contribution in [0.1, 0.15) is 31.0 Å². The summed E-state index contributed by atoms with van der Waals surface area (Å²) < 4.78 is 1.04. The quantitative estimate of drug-likeness (QED) is 0.816. The molecule has 2 N–H and O–H groups in total. The Balaban J connectivity index is 1.96. The van der Waals surface area contributed by atoms with Crippen molar-refractivity contribution in [1.82, 2.24) is 9.88 Å². The van der Waals surface area contributed by atoms with Crippen LogP contribution in [0, 0.1) is 5.92 Å². The van der Waals surface area contributed by atoms with Gasteiger partial charge in [0.05, 0.1) is 11.5 Å². The number of carbonyl (C=O) groups is 1. The molecule has 2 aromatic rings. The lowest BCUT2D eigenvalue weighted by Gasteiger charge is -2.51. The standard InChI is InChI=1S/C17H19BrN2O2/c1-17-13(16(21)22)3-2-7-20(17)8-6-12-11-5-4-10(18)9-14(11)19-15(12)17/h4-5,9,13,19H,2-3,6-8H2,1H3,(H,21,22)/t13-,17+/m0/s1. The Bertz CT molecular complexity index is 769. The van der Waals surface area contributed by atoms with Crippen LogP contribution in [-0.2, 0) is 16.8 Å². The number of fused-ring (bicyclic) bond motifs is 5. The van der Waals surface area contributed by atoms with Crippen molar-refractivity contribution in [2.45, 2.75) is 31.7 Å². The first-order valence-corrected chi connectivity index (χ1v) is 8.59. The van der Waals surface area contributed by atoms with Crippen LogP contribution in [-0.4, -0.2) is 34.0 Å². The number of halogens is 1. The van der Waals surface area contributed by atoms with Crippen molar-refractivity contribution in [3.63, 3.8) is 0 Å². The summed E-state index contributed by atoms with van der Waals surface area (Å²) in [6, 6.07) is 6.27. The third-order valence-electron chi connectivity index (χ3n) is 5.56. The van der Waals surface area contributed by atoms with Gasteiger partial charge in [0.2, 0.25) is 0 Å². The Hall–Kier alpha value is -1.33. The molecular weight excluding hydrogens is 344 g/mol. The number of aliphatic carboxylic acids is 1. The Morgan fingerprint density at radius 3 is 3.05 bits per heavy atom. The van der Waals surface area contributed by atoms with Crippen LogP contribution in [0.25, 0.3) is 10.9 Å². The highest BCUT2D eigenvalue weighted by molar-refractivity contribution is 9.10. The van der Waals surface area contributed by atoms with Crippen LogP contribution in [0.15, 0.2) is 22.7 Å². The van der Waals surface area contributed by atoms with Crippen LogP contribution in [0.5, 0.6) is 0 Å². The molecule has 0 spiro atoms. The number of carboxylic acids is 1. The second-order valence-electron chi connectivity index (χ2n) is 6.59. The van der Waals surface area contributed by atoms with Crippen LogP contribution < -0.4 is 0 Å². The number of aromatic nitrogens is 1. The molecule has 2 aliphatic heterocycles. The number of nitrogens with one attached hydrogen (secondary N) is 1. The van der Waals surface area contributed by atoms with Crippen LogP contribution in [0.3, 0.4) is 0 Å². The number of hydrogen-bond donors (Lipinski definition) is 2. The van der Waals surface area contributed by atoms with Gasteiger partial charge in [0, 0.05) is 27.6 Å². The van der Waals surface area contributed by atoms with Crippen LogP contribution in [0.2, 0.25) is 0 Å². The van der Waals surface area contributed by atoms with Crippen molar-refractivity contribution in [3.05, 3.63) is 33.9 Å². The average molecular weight is 363 g/mol. The molecule has 1 aromatic heterocycles. The molecule has 0 aliphatic carbocycles. The summed E-state index contributed by atoms with van der Waals surface area (Å²) in [5, 5.41) is 11.0. The molecule has 2 atom stereocenters. The van der Waals surface area contributed by atoms with E-state index in [0.29, 0.717) is 0 Å². The molecule has 0 amide bonds. The molecule has 3 heterocycles. The number of rotatable bonds is 1. The van der Waals surface area contributed by atoms with Crippen molar-refractivity contribution >= 4 is 32.8 Å². The number of carboxylic acid groups (broad SMARTS) is 1. The SMILES string of the molecule is C[C@@]12c3[nH]c4cc(Br)ccc4c3CCN1CCC[C@H]2C(=O)O. The predicted molar refractivity (Wildman–Crippen MR) is 89.0 cm³/mol. The molecule has 5 heteroatoms. The first kappa shape index (κ1) is 14.3. The van der Waals surface area contributed by atoms with E-state index in [4.69, 9.17) is 0 Å². The van der Waals surface area contributed by atoms with Crippen LogP contribution >= 0.6 is 15.9 Å². The Kier molecular flexibility index (Phi) is 3.13. The highest BCUT2D eigenvalue weighted by atomic mass is 79.9. The second-order valence-corrected chi connectivity index (χ2v) is 7.50. The number of piperidine rings is 1. The number of hydrogen-bond acceptors (Lipinski definition) is 2. The molecule has 4 nitrogen and oxygen atoms in total. The molecule has 1 saturated heterocycles. The Morgan fingerprint density at radius 1 is 1.45 bits per heavy atom. The summed E-state index contributed by atoms with van der Waals surface area (Å²) >= 11 is 3.52. The average Bonchev–Trinajstić information content (AvgIpc) is 2.84. The highest BCUT2D eigenvalue weighted by Crippen LogP contribution is 2.47. The van der Waals surface area contributed by atoms with Gasteiger partial charge in [0.25, 0.3) is 0 Å². The van der Waals surface area contributed by atoms with E-state index in [1.165, 1.54) is 10.9 Å². The van der Waals surface area contributed by atoms with Gasteiger partial charge < -0.3 is 10.1 Å². The first-order valence-electron chi connectivity index (χ1n) is 7.80. The largest absolute Gasteiger partial charge is 0.481 e. The van der Waals surface area contributed by atoms with Crippen molar-refractivity contribution in [1.29, 1.82) is 0 Å². The van der Waals surface area contributed by atoms with Gasteiger partial charge in [-0.15, -0.1) is 0 Å². The maximum Gasteiger partial charge on any atom is 0.308 e. The minimum atomic E-state index is -0.681. The van der Waals surface area contributed by atoms with E-state index in [9.17, 15) is 9.90 Å². The van der Waals surface area contributed by atoms with E-state index < -0.39 is 11.5 Å². The maximum absolute atomic E-state index is 11.8. The molecule has 4 rings (SSSR count). The zero-order chi connectivity index (χ0) is 15.5. The van der Waals surface area contributed by atoms with Gasteiger partial charge in [0.15, 0.2) is 0 Å². The summed E-state index contributed by atoms with van der Waals surface area (Å²) in [6.07, 6.45) is 2.70. The summed E-state index contributed by atoms with van der Waals surface area (Å²) in [7, 11) is 0. The second kappa shape index (κ2) is 4.83. The molecule has 22 heavy (non-hydrogen) atoms. The summed E-state index contributed by atoms with van der Waals surface area (Å²) in [5.41, 5.74) is 3.08. The normalized spacial score (nSPS) is 28.4. The van der Waals surface area contributed by atoms with Gasteiger partial charge in [-0.05, 0) is 50.4 Å². The summed E-state index contributed by atoms with van der Waals surface area (Å²) in [5.74, 6) is -1.03. The molecule has 0 unspecified atom stereocenters. The molecule has 0 radical (unpaired) electrons. The van der Waals surface area contributed by atoms with E-state index in [1.807, 2.05) is 0 Å². The zero-order valence-electron chi connectivity index (χ0n) is 12.5. The maximum atomic E-state index is 11.8. The van der Waals surface area contributed by atoms with Gasteiger partial charge in [-0.1, -0.05) is 22.0 Å². The Morgan fingerprint density at radius 2 is 2.27 bits per heavy atom. The van der Waals surface area contributed by atoms with Gasteiger partial charge in [-0.2, -0.15) is 0 Å². The van der Waals surface area contributed by atoms with Gasteiger partial charge in [-0.3, -0.25) is 9.69 Å². The highest BCUT2D eigenvalue weighted by Gasteiger charge is 2.51.